The van der Waals surface area contributed by atoms with Gasteiger partial charge in [0.25, 0.3) is 0 Å². The van der Waals surface area contributed by atoms with E-state index in [2.05, 4.69) is 15.9 Å². The number of halogens is 2. The molecule has 0 amide bonds. The highest BCUT2D eigenvalue weighted by molar-refractivity contribution is 9.10. The first-order chi connectivity index (χ1) is 6.02. The van der Waals surface area contributed by atoms with Crippen molar-refractivity contribution in [3.63, 3.8) is 0 Å². The number of nitrogens with two attached hydrogens (primary N) is 1. The Morgan fingerprint density at radius 2 is 2.15 bits per heavy atom. The van der Waals surface area contributed by atoms with Gasteiger partial charge in [0.15, 0.2) is 0 Å². The van der Waals surface area contributed by atoms with Crippen molar-refractivity contribution in [2.24, 2.45) is 5.73 Å². The molecule has 13 heavy (non-hydrogen) atoms. The van der Waals surface area contributed by atoms with Gasteiger partial charge >= 0.3 is 0 Å². The molecule has 2 nitrogen and oxygen atoms in total. The minimum atomic E-state index is -0.687. The van der Waals surface area contributed by atoms with E-state index in [-0.39, 0.29) is 6.04 Å². The van der Waals surface area contributed by atoms with E-state index >= 15 is 0 Å². The normalized spacial score (nSPS) is 15.5. The molecular weight excluding hydrogens is 253 g/mol. The third-order valence-electron chi connectivity index (χ3n) is 1.77. The summed E-state index contributed by atoms with van der Waals surface area (Å²) in [6, 6.07) is 4.95. The SMILES string of the molecule is CC(N)C(O)c1cc(Cl)ccc1Br. The van der Waals surface area contributed by atoms with Crippen LogP contribution in [0.3, 0.4) is 0 Å². The largest absolute Gasteiger partial charge is 0.387 e. The van der Waals surface area contributed by atoms with Crippen molar-refractivity contribution in [1.29, 1.82) is 0 Å². The van der Waals surface area contributed by atoms with Crippen LogP contribution in [-0.4, -0.2) is 11.1 Å². The second kappa shape index (κ2) is 4.42. The van der Waals surface area contributed by atoms with Crippen molar-refractivity contribution in [2.75, 3.05) is 0 Å². The van der Waals surface area contributed by atoms with E-state index in [1.165, 1.54) is 0 Å². The van der Waals surface area contributed by atoms with Gasteiger partial charge in [-0.2, -0.15) is 0 Å². The molecule has 2 atom stereocenters. The van der Waals surface area contributed by atoms with Crippen LogP contribution >= 0.6 is 27.5 Å². The molecule has 0 spiro atoms. The average Bonchev–Trinajstić information content (AvgIpc) is 2.08. The highest BCUT2D eigenvalue weighted by Gasteiger charge is 2.15. The Labute approximate surface area is 90.8 Å². The number of aliphatic hydroxyl groups excluding tert-OH is 1. The maximum absolute atomic E-state index is 9.69. The van der Waals surface area contributed by atoms with E-state index in [0.29, 0.717) is 5.02 Å². The summed E-state index contributed by atoms with van der Waals surface area (Å²) in [5.41, 5.74) is 6.30. The zero-order valence-corrected chi connectivity index (χ0v) is 9.51. The van der Waals surface area contributed by atoms with Crippen molar-refractivity contribution in [1.82, 2.24) is 0 Å². The molecule has 1 aromatic carbocycles. The zero-order chi connectivity index (χ0) is 10.0. The molecule has 0 aliphatic rings. The maximum Gasteiger partial charge on any atom is 0.0949 e. The second-order valence-corrected chi connectivity index (χ2v) is 4.26. The molecule has 0 fully saturated rings. The van der Waals surface area contributed by atoms with Gasteiger partial charge in [-0.1, -0.05) is 27.5 Å². The van der Waals surface area contributed by atoms with Crippen LogP contribution in [0.15, 0.2) is 22.7 Å². The van der Waals surface area contributed by atoms with Crippen molar-refractivity contribution < 1.29 is 5.11 Å². The molecule has 0 aliphatic heterocycles. The van der Waals surface area contributed by atoms with Gasteiger partial charge in [-0.05, 0) is 30.7 Å². The van der Waals surface area contributed by atoms with Gasteiger partial charge < -0.3 is 10.8 Å². The number of hydrogen-bond donors (Lipinski definition) is 2. The van der Waals surface area contributed by atoms with Gasteiger partial charge in [0.05, 0.1) is 6.10 Å². The molecule has 0 aliphatic carbocycles. The Morgan fingerprint density at radius 1 is 1.54 bits per heavy atom. The molecule has 0 radical (unpaired) electrons. The van der Waals surface area contributed by atoms with Crippen LogP contribution in [0.4, 0.5) is 0 Å². The third-order valence-corrected chi connectivity index (χ3v) is 2.73. The minimum absolute atomic E-state index is 0.310. The van der Waals surface area contributed by atoms with Crippen molar-refractivity contribution in [2.45, 2.75) is 19.1 Å². The molecule has 0 saturated carbocycles. The van der Waals surface area contributed by atoms with Crippen LogP contribution < -0.4 is 5.73 Å². The van der Waals surface area contributed by atoms with Gasteiger partial charge in [-0.15, -0.1) is 0 Å². The summed E-state index contributed by atoms with van der Waals surface area (Å²) in [7, 11) is 0. The van der Waals surface area contributed by atoms with E-state index in [9.17, 15) is 5.11 Å². The summed E-state index contributed by atoms with van der Waals surface area (Å²) >= 11 is 9.12. The van der Waals surface area contributed by atoms with Crippen LogP contribution in [-0.2, 0) is 0 Å². The number of aliphatic hydroxyl groups is 1. The molecule has 0 aromatic heterocycles. The van der Waals surface area contributed by atoms with Crippen LogP contribution in [0, 0.1) is 0 Å². The standard InChI is InChI=1S/C9H11BrClNO/c1-5(12)9(13)7-4-6(11)2-3-8(7)10/h2-5,9,13H,12H2,1H3. The Morgan fingerprint density at radius 3 is 2.69 bits per heavy atom. The third kappa shape index (κ3) is 2.68. The van der Waals surface area contributed by atoms with E-state index in [1.54, 1.807) is 25.1 Å². The summed E-state index contributed by atoms with van der Waals surface area (Å²) in [4.78, 5) is 0. The lowest BCUT2D eigenvalue weighted by Gasteiger charge is -2.16. The molecule has 0 heterocycles. The van der Waals surface area contributed by atoms with Crippen LogP contribution in [0.2, 0.25) is 5.02 Å². The van der Waals surface area contributed by atoms with Gasteiger partial charge in [0.1, 0.15) is 0 Å². The predicted octanol–water partition coefficient (Wildman–Crippen LogP) is 2.48. The number of hydrogen-bond acceptors (Lipinski definition) is 2. The Bertz CT molecular complexity index is 304. The first-order valence-corrected chi connectivity index (χ1v) is 5.08. The topological polar surface area (TPSA) is 46.2 Å². The zero-order valence-electron chi connectivity index (χ0n) is 7.17. The van der Waals surface area contributed by atoms with E-state index < -0.39 is 6.10 Å². The van der Waals surface area contributed by atoms with Crippen LogP contribution in [0.1, 0.15) is 18.6 Å². The van der Waals surface area contributed by atoms with Gasteiger partial charge in [-0.3, -0.25) is 0 Å². The fourth-order valence-electron chi connectivity index (χ4n) is 1.02. The highest BCUT2D eigenvalue weighted by atomic mass is 79.9. The van der Waals surface area contributed by atoms with Crippen LogP contribution in [0.25, 0.3) is 0 Å². The fourth-order valence-corrected chi connectivity index (χ4v) is 1.69. The molecule has 1 rings (SSSR count). The van der Waals surface area contributed by atoms with Gasteiger partial charge in [-0.25, -0.2) is 0 Å². The average molecular weight is 265 g/mol. The molecule has 3 N–H and O–H groups in total. The fraction of sp³-hybridized carbons (Fsp3) is 0.333. The van der Waals surface area contributed by atoms with Crippen LogP contribution in [0.5, 0.6) is 0 Å². The first-order valence-electron chi connectivity index (χ1n) is 3.91. The smallest absolute Gasteiger partial charge is 0.0949 e. The maximum atomic E-state index is 9.69. The molecule has 72 valence electrons. The number of benzene rings is 1. The van der Waals surface area contributed by atoms with Crippen molar-refractivity contribution in [3.05, 3.63) is 33.3 Å². The van der Waals surface area contributed by atoms with Crippen molar-refractivity contribution in [3.8, 4) is 0 Å². The molecule has 4 heteroatoms. The Hall–Kier alpha value is -0.0900. The highest BCUT2D eigenvalue weighted by Crippen LogP contribution is 2.27. The molecular formula is C9H11BrClNO. The lowest BCUT2D eigenvalue weighted by Crippen LogP contribution is -2.24. The lowest BCUT2D eigenvalue weighted by atomic mass is 10.0. The van der Waals surface area contributed by atoms with E-state index in [1.807, 2.05) is 0 Å². The minimum Gasteiger partial charge on any atom is -0.387 e. The van der Waals surface area contributed by atoms with Gasteiger partial charge in [0, 0.05) is 15.5 Å². The van der Waals surface area contributed by atoms with E-state index in [0.717, 1.165) is 10.0 Å². The molecule has 2 unspecified atom stereocenters. The molecule has 1 aromatic rings. The Kier molecular flexibility index (Phi) is 3.74. The van der Waals surface area contributed by atoms with E-state index in [4.69, 9.17) is 17.3 Å². The Balaban J connectivity index is 3.05. The molecule has 0 saturated heterocycles. The summed E-state index contributed by atoms with van der Waals surface area (Å²) in [5, 5.41) is 10.3. The summed E-state index contributed by atoms with van der Waals surface area (Å²) in [5.74, 6) is 0. The van der Waals surface area contributed by atoms with Gasteiger partial charge in [0.2, 0.25) is 0 Å². The number of rotatable bonds is 2. The lowest BCUT2D eigenvalue weighted by molar-refractivity contribution is 0.152. The predicted molar refractivity (Wildman–Crippen MR) is 57.8 cm³/mol. The summed E-state index contributed by atoms with van der Waals surface area (Å²) in [6.45, 7) is 1.75. The molecule has 0 bridgehead atoms. The van der Waals surface area contributed by atoms with Crippen molar-refractivity contribution >= 4 is 27.5 Å². The summed E-state index contributed by atoms with van der Waals surface area (Å²) in [6.07, 6.45) is -0.687. The quantitative estimate of drug-likeness (QED) is 0.862. The second-order valence-electron chi connectivity index (χ2n) is 2.97. The monoisotopic (exact) mass is 263 g/mol. The first kappa shape index (κ1) is 11.0. The summed E-state index contributed by atoms with van der Waals surface area (Å²) < 4.78 is 0.821.